The fourth-order valence-corrected chi connectivity index (χ4v) is 3.49. The predicted octanol–water partition coefficient (Wildman–Crippen LogP) is 4.42. The summed E-state index contributed by atoms with van der Waals surface area (Å²) in [5.41, 5.74) is 4.78. The molecule has 1 aliphatic rings. The maximum atomic E-state index is 12.3. The van der Waals surface area contributed by atoms with E-state index in [1.807, 2.05) is 25.7 Å². The summed E-state index contributed by atoms with van der Waals surface area (Å²) >= 11 is 0. The van der Waals surface area contributed by atoms with Crippen LogP contribution in [-0.2, 0) is 4.74 Å². The molecular formula is C22H37N3O2. The Morgan fingerprint density at radius 3 is 2.11 bits per heavy atom. The van der Waals surface area contributed by atoms with Crippen LogP contribution in [0.5, 0.6) is 0 Å². The monoisotopic (exact) mass is 375 g/mol. The molecule has 152 valence electrons. The third-order valence-electron chi connectivity index (χ3n) is 4.96. The lowest BCUT2D eigenvalue weighted by atomic mass is 9.97. The first-order valence-electron chi connectivity index (χ1n) is 10.1. The van der Waals surface area contributed by atoms with Crippen LogP contribution in [0, 0.1) is 13.8 Å². The molecule has 27 heavy (non-hydrogen) atoms. The van der Waals surface area contributed by atoms with E-state index in [4.69, 9.17) is 4.74 Å². The van der Waals surface area contributed by atoms with Gasteiger partial charge in [0, 0.05) is 44.0 Å². The molecule has 0 aromatic heterocycles. The molecule has 1 aromatic rings. The van der Waals surface area contributed by atoms with E-state index in [-0.39, 0.29) is 12.1 Å². The molecular weight excluding hydrogens is 338 g/mol. The Morgan fingerprint density at radius 1 is 1.04 bits per heavy atom. The Morgan fingerprint density at radius 2 is 1.59 bits per heavy atom. The van der Waals surface area contributed by atoms with Crippen molar-refractivity contribution in [3.63, 3.8) is 0 Å². The Kier molecular flexibility index (Phi) is 6.79. The smallest absolute Gasteiger partial charge is 0.410 e. The van der Waals surface area contributed by atoms with Gasteiger partial charge in [-0.15, -0.1) is 0 Å². The van der Waals surface area contributed by atoms with E-state index in [0.717, 1.165) is 13.1 Å². The minimum atomic E-state index is -0.451. The van der Waals surface area contributed by atoms with Crippen molar-refractivity contribution in [2.75, 3.05) is 31.1 Å². The number of rotatable bonds is 4. The van der Waals surface area contributed by atoms with Crippen LogP contribution in [0.15, 0.2) is 12.1 Å². The highest BCUT2D eigenvalue weighted by molar-refractivity contribution is 5.69. The molecule has 5 nitrogen and oxygen atoms in total. The molecule has 1 aliphatic heterocycles. The van der Waals surface area contributed by atoms with Crippen LogP contribution in [0.3, 0.4) is 0 Å². The van der Waals surface area contributed by atoms with Crippen molar-refractivity contribution in [1.82, 2.24) is 10.2 Å². The molecule has 1 unspecified atom stereocenters. The summed E-state index contributed by atoms with van der Waals surface area (Å²) in [5, 5.41) is 3.63. The molecule has 1 aromatic carbocycles. The fourth-order valence-electron chi connectivity index (χ4n) is 3.49. The number of nitrogens with zero attached hydrogens (tertiary/aromatic N) is 2. The van der Waals surface area contributed by atoms with Crippen molar-refractivity contribution in [2.45, 2.75) is 73.1 Å². The Balaban J connectivity index is 2.15. The van der Waals surface area contributed by atoms with E-state index in [9.17, 15) is 4.79 Å². The SMILES string of the molecule is Cc1cc(C(C)NC(C)C)c(N2CCN(C(=O)OC(C)(C)C)CC2)cc1C. The number of ether oxygens (including phenoxy) is 1. The molecule has 0 radical (unpaired) electrons. The van der Waals surface area contributed by atoms with Crippen LogP contribution in [0.1, 0.15) is 64.3 Å². The van der Waals surface area contributed by atoms with E-state index in [2.05, 4.69) is 57.0 Å². The minimum Gasteiger partial charge on any atom is -0.444 e. The highest BCUT2D eigenvalue weighted by Crippen LogP contribution is 2.31. The van der Waals surface area contributed by atoms with Crippen molar-refractivity contribution in [1.29, 1.82) is 0 Å². The molecule has 1 fully saturated rings. The first kappa shape index (κ1) is 21.5. The average Bonchev–Trinajstić information content (AvgIpc) is 2.55. The molecule has 1 amide bonds. The van der Waals surface area contributed by atoms with Crippen molar-refractivity contribution >= 4 is 11.8 Å². The number of nitrogens with one attached hydrogen (secondary N) is 1. The third kappa shape index (κ3) is 5.86. The van der Waals surface area contributed by atoms with Crippen molar-refractivity contribution in [3.05, 3.63) is 28.8 Å². The van der Waals surface area contributed by atoms with Gasteiger partial charge < -0.3 is 19.9 Å². The van der Waals surface area contributed by atoms with Crippen molar-refractivity contribution in [2.24, 2.45) is 0 Å². The van der Waals surface area contributed by atoms with E-state index >= 15 is 0 Å². The number of carbonyl (C=O) groups is 1. The van der Waals surface area contributed by atoms with Gasteiger partial charge >= 0.3 is 6.09 Å². The lowest BCUT2D eigenvalue weighted by molar-refractivity contribution is 0.0240. The van der Waals surface area contributed by atoms with Crippen LogP contribution in [0.2, 0.25) is 0 Å². The Bertz CT molecular complexity index is 656. The van der Waals surface area contributed by atoms with Crippen molar-refractivity contribution < 1.29 is 9.53 Å². The van der Waals surface area contributed by atoms with Gasteiger partial charge in [-0.25, -0.2) is 4.79 Å². The maximum absolute atomic E-state index is 12.3. The normalized spacial score (nSPS) is 16.6. The maximum Gasteiger partial charge on any atom is 0.410 e. The highest BCUT2D eigenvalue weighted by Gasteiger charge is 2.27. The number of piperazine rings is 1. The zero-order valence-electron chi connectivity index (χ0n) is 18.3. The van der Waals surface area contributed by atoms with Gasteiger partial charge in [0.2, 0.25) is 0 Å². The fraction of sp³-hybridized carbons (Fsp3) is 0.682. The number of benzene rings is 1. The van der Waals surface area contributed by atoms with Crippen LogP contribution >= 0.6 is 0 Å². The quantitative estimate of drug-likeness (QED) is 0.846. The van der Waals surface area contributed by atoms with E-state index in [1.165, 1.54) is 22.4 Å². The summed E-state index contributed by atoms with van der Waals surface area (Å²) in [5.74, 6) is 0. The summed E-state index contributed by atoms with van der Waals surface area (Å²) in [7, 11) is 0. The van der Waals surface area contributed by atoms with Gasteiger partial charge in [-0.3, -0.25) is 0 Å². The summed E-state index contributed by atoms with van der Waals surface area (Å²) in [6, 6.07) is 5.32. The van der Waals surface area contributed by atoms with E-state index < -0.39 is 5.60 Å². The average molecular weight is 376 g/mol. The highest BCUT2D eigenvalue weighted by atomic mass is 16.6. The Hall–Kier alpha value is -1.75. The minimum absolute atomic E-state index is 0.211. The largest absolute Gasteiger partial charge is 0.444 e. The van der Waals surface area contributed by atoms with Gasteiger partial charge in [0.15, 0.2) is 0 Å². The van der Waals surface area contributed by atoms with E-state index in [1.54, 1.807) is 0 Å². The summed E-state index contributed by atoms with van der Waals surface area (Å²) < 4.78 is 5.52. The number of carbonyl (C=O) groups excluding carboxylic acids is 1. The van der Waals surface area contributed by atoms with Gasteiger partial charge in [-0.1, -0.05) is 19.9 Å². The summed E-state index contributed by atoms with van der Waals surface area (Å²) in [4.78, 5) is 16.5. The topological polar surface area (TPSA) is 44.8 Å². The molecule has 0 aliphatic carbocycles. The van der Waals surface area contributed by atoms with Crippen LogP contribution in [-0.4, -0.2) is 48.8 Å². The van der Waals surface area contributed by atoms with E-state index in [0.29, 0.717) is 19.1 Å². The second-order valence-corrected chi connectivity index (χ2v) is 8.99. The lowest BCUT2D eigenvalue weighted by Crippen LogP contribution is -2.50. The van der Waals surface area contributed by atoms with Gasteiger partial charge in [-0.05, 0) is 64.3 Å². The molecule has 1 atom stereocenters. The predicted molar refractivity (Wildman–Crippen MR) is 113 cm³/mol. The second kappa shape index (κ2) is 8.51. The van der Waals surface area contributed by atoms with Gasteiger partial charge in [-0.2, -0.15) is 0 Å². The first-order valence-corrected chi connectivity index (χ1v) is 10.1. The second-order valence-electron chi connectivity index (χ2n) is 8.99. The molecule has 0 bridgehead atoms. The number of hydrogen-bond donors (Lipinski definition) is 1. The number of amides is 1. The third-order valence-corrected chi connectivity index (χ3v) is 4.96. The van der Waals surface area contributed by atoms with Gasteiger partial charge in [0.25, 0.3) is 0 Å². The summed E-state index contributed by atoms with van der Waals surface area (Å²) in [6.07, 6.45) is -0.211. The standard InChI is InChI=1S/C22H37N3O2/c1-15(2)23-18(5)19-13-16(3)17(4)14-20(19)24-9-11-25(12-10-24)21(26)27-22(6,7)8/h13-15,18,23H,9-12H2,1-8H3. The molecule has 5 heteroatoms. The number of anilines is 1. The molecule has 1 heterocycles. The first-order chi connectivity index (χ1) is 12.5. The number of hydrogen-bond acceptors (Lipinski definition) is 4. The van der Waals surface area contributed by atoms with Gasteiger partial charge in [0.05, 0.1) is 0 Å². The molecule has 0 saturated carbocycles. The summed E-state index contributed by atoms with van der Waals surface area (Å²) in [6.45, 7) is 19.7. The Labute approximate surface area is 165 Å². The lowest BCUT2D eigenvalue weighted by Gasteiger charge is -2.38. The zero-order valence-corrected chi connectivity index (χ0v) is 18.3. The molecule has 2 rings (SSSR count). The molecule has 1 saturated heterocycles. The zero-order chi connectivity index (χ0) is 20.4. The molecule has 0 spiro atoms. The number of aryl methyl sites for hydroxylation is 2. The molecule has 1 N–H and O–H groups in total. The van der Waals surface area contributed by atoms with Gasteiger partial charge in [0.1, 0.15) is 5.60 Å². The van der Waals surface area contributed by atoms with Crippen molar-refractivity contribution in [3.8, 4) is 0 Å². The van der Waals surface area contributed by atoms with Crippen LogP contribution < -0.4 is 10.2 Å². The van der Waals surface area contributed by atoms with Crippen LogP contribution in [0.25, 0.3) is 0 Å². The van der Waals surface area contributed by atoms with Crippen LogP contribution in [0.4, 0.5) is 10.5 Å².